The Labute approximate surface area is 210 Å². The van der Waals surface area contributed by atoms with Gasteiger partial charge in [-0.25, -0.2) is 14.8 Å². The molecule has 184 valence electrons. The maximum Gasteiger partial charge on any atom is 0.355 e. The summed E-state index contributed by atoms with van der Waals surface area (Å²) >= 11 is 0. The SMILES string of the molecule is Cc1c(O)cccc1-c1cnc(N/C(=C\c2ccco2)C(=O)OC(C)(C)C)c(Cc2ccccc2)n1. The molecule has 0 radical (unpaired) electrons. The zero-order valence-electron chi connectivity index (χ0n) is 20.8. The van der Waals surface area contributed by atoms with Gasteiger partial charge in [0.25, 0.3) is 0 Å². The van der Waals surface area contributed by atoms with E-state index in [1.807, 2.05) is 64.1 Å². The van der Waals surface area contributed by atoms with Crippen LogP contribution in [0.4, 0.5) is 5.82 Å². The molecule has 0 aliphatic heterocycles. The van der Waals surface area contributed by atoms with Crippen molar-refractivity contribution in [3.63, 3.8) is 0 Å². The predicted octanol–water partition coefficient (Wildman–Crippen LogP) is 6.14. The average Bonchev–Trinajstić information content (AvgIpc) is 3.34. The number of esters is 1. The molecule has 0 amide bonds. The number of nitrogens with zero attached hydrogens (tertiary/aromatic N) is 2. The summed E-state index contributed by atoms with van der Waals surface area (Å²) in [5.74, 6) is 0.561. The lowest BCUT2D eigenvalue weighted by molar-refractivity contribution is -0.149. The quantitative estimate of drug-likeness (QED) is 0.241. The Balaban J connectivity index is 1.77. The lowest BCUT2D eigenvalue weighted by Gasteiger charge is -2.21. The van der Waals surface area contributed by atoms with Crippen LogP contribution in [-0.4, -0.2) is 26.6 Å². The van der Waals surface area contributed by atoms with Gasteiger partial charge in [-0.1, -0.05) is 42.5 Å². The highest BCUT2D eigenvalue weighted by atomic mass is 16.6. The molecule has 2 aromatic carbocycles. The number of hydrogen-bond donors (Lipinski definition) is 2. The number of nitrogens with one attached hydrogen (secondary N) is 1. The number of hydrogen-bond acceptors (Lipinski definition) is 7. The van der Waals surface area contributed by atoms with Crippen LogP contribution in [0.25, 0.3) is 17.3 Å². The first-order valence-electron chi connectivity index (χ1n) is 11.6. The van der Waals surface area contributed by atoms with Crippen LogP contribution >= 0.6 is 0 Å². The Hall–Kier alpha value is -4.39. The summed E-state index contributed by atoms with van der Waals surface area (Å²) in [7, 11) is 0. The molecule has 4 rings (SSSR count). The molecular formula is C29H29N3O4. The van der Waals surface area contributed by atoms with Gasteiger partial charge in [-0.15, -0.1) is 0 Å². The van der Waals surface area contributed by atoms with E-state index in [1.165, 1.54) is 6.26 Å². The van der Waals surface area contributed by atoms with Crippen molar-refractivity contribution < 1.29 is 19.1 Å². The molecule has 0 atom stereocenters. The van der Waals surface area contributed by atoms with Gasteiger partial charge in [0.2, 0.25) is 0 Å². The number of phenolic OH excluding ortho intramolecular Hbond substituents is 1. The van der Waals surface area contributed by atoms with Crippen molar-refractivity contribution >= 4 is 17.9 Å². The Morgan fingerprint density at radius 1 is 1.08 bits per heavy atom. The van der Waals surface area contributed by atoms with Gasteiger partial charge in [-0.05, 0) is 51.5 Å². The van der Waals surface area contributed by atoms with Crippen molar-refractivity contribution in [2.75, 3.05) is 5.32 Å². The van der Waals surface area contributed by atoms with E-state index in [9.17, 15) is 9.90 Å². The van der Waals surface area contributed by atoms with Gasteiger partial charge in [0.05, 0.1) is 23.8 Å². The van der Waals surface area contributed by atoms with Crippen LogP contribution < -0.4 is 5.32 Å². The summed E-state index contributed by atoms with van der Waals surface area (Å²) in [4.78, 5) is 22.6. The molecule has 0 saturated heterocycles. The van der Waals surface area contributed by atoms with Crippen LogP contribution in [0.2, 0.25) is 0 Å². The number of carbonyl (C=O) groups is 1. The second-order valence-corrected chi connectivity index (χ2v) is 9.36. The van der Waals surface area contributed by atoms with Gasteiger partial charge in [-0.3, -0.25) is 0 Å². The number of ether oxygens (including phenoxy) is 1. The Bertz CT molecular complexity index is 1370. The molecule has 0 aliphatic carbocycles. The molecule has 0 fully saturated rings. The Kier molecular flexibility index (Phi) is 7.20. The van der Waals surface area contributed by atoms with E-state index in [2.05, 4.69) is 10.3 Å². The van der Waals surface area contributed by atoms with E-state index in [0.717, 1.165) is 11.1 Å². The summed E-state index contributed by atoms with van der Waals surface area (Å²) in [6.45, 7) is 7.26. The fourth-order valence-corrected chi connectivity index (χ4v) is 3.60. The summed E-state index contributed by atoms with van der Waals surface area (Å²) in [6.07, 6.45) is 5.21. The standard InChI is InChI=1S/C29H29N3O4/c1-19-22(13-8-14-26(19)33)25-18-30-27(23(31-25)16-20-10-6-5-7-11-20)32-24(17-21-12-9-15-35-21)28(34)36-29(2,3)4/h5-15,17-18,33H,16H2,1-4H3,(H,30,32)/b24-17-. The van der Waals surface area contributed by atoms with Crippen molar-refractivity contribution in [2.24, 2.45) is 0 Å². The monoisotopic (exact) mass is 483 g/mol. The number of furan rings is 1. The first-order chi connectivity index (χ1) is 17.2. The van der Waals surface area contributed by atoms with Gasteiger partial charge >= 0.3 is 5.97 Å². The van der Waals surface area contributed by atoms with Gasteiger partial charge in [0.1, 0.15) is 22.8 Å². The lowest BCUT2D eigenvalue weighted by atomic mass is 10.0. The molecule has 2 aromatic heterocycles. The minimum Gasteiger partial charge on any atom is -0.508 e. The third kappa shape index (κ3) is 6.18. The highest BCUT2D eigenvalue weighted by Gasteiger charge is 2.22. The fraction of sp³-hybridized carbons (Fsp3) is 0.207. The highest BCUT2D eigenvalue weighted by Crippen LogP contribution is 2.29. The highest BCUT2D eigenvalue weighted by molar-refractivity contribution is 5.96. The van der Waals surface area contributed by atoms with Crippen molar-refractivity contribution in [2.45, 2.75) is 39.7 Å². The number of aromatic nitrogens is 2. The third-order valence-corrected chi connectivity index (χ3v) is 5.34. The van der Waals surface area contributed by atoms with Gasteiger partial charge in [0.15, 0.2) is 5.82 Å². The lowest BCUT2D eigenvalue weighted by Crippen LogP contribution is -2.27. The molecule has 7 nitrogen and oxygen atoms in total. The zero-order chi connectivity index (χ0) is 25.7. The summed E-state index contributed by atoms with van der Waals surface area (Å²) < 4.78 is 11.0. The minimum atomic E-state index is -0.684. The smallest absolute Gasteiger partial charge is 0.355 e. The van der Waals surface area contributed by atoms with Crippen LogP contribution in [0.5, 0.6) is 5.75 Å². The number of phenols is 1. The summed E-state index contributed by atoms with van der Waals surface area (Å²) in [6, 6.07) is 18.7. The van der Waals surface area contributed by atoms with Crippen LogP contribution in [-0.2, 0) is 16.0 Å². The molecule has 0 aliphatic rings. The Morgan fingerprint density at radius 2 is 1.86 bits per heavy atom. The van der Waals surface area contributed by atoms with Crippen LogP contribution in [0.3, 0.4) is 0 Å². The molecule has 2 heterocycles. The van der Waals surface area contributed by atoms with Crippen molar-refractivity contribution in [1.29, 1.82) is 0 Å². The average molecular weight is 484 g/mol. The van der Waals surface area contributed by atoms with Crippen LogP contribution in [0.15, 0.2) is 83.2 Å². The second kappa shape index (κ2) is 10.5. The maximum atomic E-state index is 13.1. The van der Waals surface area contributed by atoms with Crippen molar-refractivity contribution in [1.82, 2.24) is 9.97 Å². The Morgan fingerprint density at radius 3 is 2.56 bits per heavy atom. The number of benzene rings is 2. The number of aromatic hydroxyl groups is 1. The van der Waals surface area contributed by atoms with E-state index in [4.69, 9.17) is 14.1 Å². The molecule has 0 saturated carbocycles. The first kappa shape index (κ1) is 24.7. The van der Waals surface area contributed by atoms with E-state index < -0.39 is 11.6 Å². The number of anilines is 1. The summed E-state index contributed by atoms with van der Waals surface area (Å²) in [5, 5.41) is 13.3. The molecular weight excluding hydrogens is 454 g/mol. The maximum absolute atomic E-state index is 13.1. The minimum absolute atomic E-state index is 0.171. The first-order valence-corrected chi connectivity index (χ1v) is 11.6. The largest absolute Gasteiger partial charge is 0.508 e. The molecule has 36 heavy (non-hydrogen) atoms. The van der Waals surface area contributed by atoms with E-state index >= 15 is 0 Å². The van der Waals surface area contributed by atoms with Crippen LogP contribution in [0, 0.1) is 6.92 Å². The predicted molar refractivity (Wildman–Crippen MR) is 139 cm³/mol. The van der Waals surface area contributed by atoms with E-state index in [0.29, 0.717) is 35.0 Å². The second-order valence-electron chi connectivity index (χ2n) is 9.36. The van der Waals surface area contributed by atoms with Gasteiger partial charge < -0.3 is 19.6 Å². The van der Waals surface area contributed by atoms with E-state index in [-0.39, 0.29) is 11.4 Å². The summed E-state index contributed by atoms with van der Waals surface area (Å²) in [5.41, 5.74) is 3.27. The molecule has 7 heteroatoms. The van der Waals surface area contributed by atoms with Crippen LogP contribution in [0.1, 0.15) is 43.4 Å². The topological polar surface area (TPSA) is 97.5 Å². The number of rotatable bonds is 7. The van der Waals surface area contributed by atoms with E-state index in [1.54, 1.807) is 36.5 Å². The molecule has 0 spiro atoms. The van der Waals surface area contributed by atoms with Crippen molar-refractivity contribution in [3.8, 4) is 17.0 Å². The number of carbonyl (C=O) groups excluding carboxylic acids is 1. The molecule has 4 aromatic rings. The van der Waals surface area contributed by atoms with Crippen molar-refractivity contribution in [3.05, 3.63) is 101 Å². The fourth-order valence-electron chi connectivity index (χ4n) is 3.60. The molecule has 0 bridgehead atoms. The zero-order valence-corrected chi connectivity index (χ0v) is 20.8. The van der Waals surface area contributed by atoms with Gasteiger partial charge in [0, 0.05) is 23.6 Å². The third-order valence-electron chi connectivity index (χ3n) is 5.34. The van der Waals surface area contributed by atoms with Gasteiger partial charge in [-0.2, -0.15) is 0 Å². The normalized spacial score (nSPS) is 11.8. The molecule has 0 unspecified atom stereocenters. The molecule has 2 N–H and O–H groups in total.